The molecule has 0 amide bonds. The lowest BCUT2D eigenvalue weighted by atomic mass is 10.3. The van der Waals surface area contributed by atoms with E-state index in [4.69, 9.17) is 5.73 Å². The summed E-state index contributed by atoms with van der Waals surface area (Å²) in [5.41, 5.74) is 6.83. The third kappa shape index (κ3) is 4.53. The maximum atomic E-state index is 5.71. The second kappa shape index (κ2) is 6.37. The van der Waals surface area contributed by atoms with Gasteiger partial charge in [-0.25, -0.2) is 9.98 Å². The lowest BCUT2D eigenvalue weighted by molar-refractivity contribution is 0.723. The van der Waals surface area contributed by atoms with Crippen LogP contribution in [0.2, 0.25) is 0 Å². The van der Waals surface area contributed by atoms with Crippen LogP contribution in [0.4, 0.5) is 0 Å². The topological polar surface area (TPSA) is 63.3 Å². The molecular weight excluding hydrogens is 220 g/mol. The van der Waals surface area contributed by atoms with E-state index in [0.717, 1.165) is 10.6 Å². The minimum absolute atomic E-state index is 0.308. The van der Waals surface area contributed by atoms with E-state index in [0.29, 0.717) is 18.5 Å². The third-order valence-corrected chi connectivity index (χ3v) is 2.52. The summed E-state index contributed by atoms with van der Waals surface area (Å²) in [5, 5.41) is 4.05. The number of nitrogens with zero attached hydrogens (tertiary/aromatic N) is 2. The van der Waals surface area contributed by atoms with Gasteiger partial charge in [0, 0.05) is 12.2 Å². The highest BCUT2D eigenvalue weighted by Gasteiger charge is 1.97. The van der Waals surface area contributed by atoms with Crippen molar-refractivity contribution in [1.82, 2.24) is 10.3 Å². The Morgan fingerprint density at radius 1 is 1.62 bits per heavy atom. The van der Waals surface area contributed by atoms with Crippen LogP contribution < -0.4 is 11.1 Å². The Kier molecular flexibility index (Phi) is 5.11. The zero-order valence-corrected chi connectivity index (χ0v) is 10.7. The molecule has 1 aromatic rings. The van der Waals surface area contributed by atoms with Crippen molar-refractivity contribution in [3.63, 3.8) is 0 Å². The number of aromatic nitrogens is 1. The van der Waals surface area contributed by atoms with Crippen molar-refractivity contribution in [3.8, 4) is 0 Å². The second-order valence-corrected chi connectivity index (χ2v) is 4.53. The van der Waals surface area contributed by atoms with Crippen molar-refractivity contribution < 1.29 is 0 Å². The first kappa shape index (κ1) is 12.8. The molecular formula is C11H18N4S. The van der Waals surface area contributed by atoms with Crippen molar-refractivity contribution in [3.05, 3.63) is 23.9 Å². The SMILES string of the molecule is CSc1cc(CN=C(N)NC(C)C)ccn1. The quantitative estimate of drug-likeness (QED) is 0.475. The summed E-state index contributed by atoms with van der Waals surface area (Å²) < 4.78 is 0. The van der Waals surface area contributed by atoms with Crippen LogP contribution in [-0.4, -0.2) is 23.2 Å². The van der Waals surface area contributed by atoms with E-state index in [9.17, 15) is 0 Å². The fourth-order valence-corrected chi connectivity index (χ4v) is 1.61. The Morgan fingerprint density at radius 2 is 2.38 bits per heavy atom. The summed E-state index contributed by atoms with van der Waals surface area (Å²) in [5.74, 6) is 0.484. The van der Waals surface area contributed by atoms with E-state index in [-0.39, 0.29) is 0 Å². The Balaban J connectivity index is 2.59. The molecule has 1 rings (SSSR count). The first-order valence-electron chi connectivity index (χ1n) is 5.17. The lowest BCUT2D eigenvalue weighted by Crippen LogP contribution is -2.36. The van der Waals surface area contributed by atoms with E-state index >= 15 is 0 Å². The minimum atomic E-state index is 0.308. The van der Waals surface area contributed by atoms with Gasteiger partial charge < -0.3 is 11.1 Å². The van der Waals surface area contributed by atoms with Crippen LogP contribution in [0.25, 0.3) is 0 Å². The Labute approximate surface area is 101 Å². The molecule has 0 aromatic carbocycles. The zero-order chi connectivity index (χ0) is 12.0. The van der Waals surface area contributed by atoms with Crippen LogP contribution in [0.1, 0.15) is 19.4 Å². The summed E-state index contributed by atoms with van der Waals surface area (Å²) in [6, 6.07) is 4.28. The molecule has 3 N–H and O–H groups in total. The van der Waals surface area contributed by atoms with Crippen molar-refractivity contribution in [1.29, 1.82) is 0 Å². The van der Waals surface area contributed by atoms with Crippen LogP contribution in [0, 0.1) is 0 Å². The van der Waals surface area contributed by atoms with Gasteiger partial charge in [0.2, 0.25) is 0 Å². The van der Waals surface area contributed by atoms with Gasteiger partial charge in [-0.1, -0.05) is 0 Å². The van der Waals surface area contributed by atoms with E-state index in [1.165, 1.54) is 0 Å². The molecule has 0 aliphatic carbocycles. The van der Waals surface area contributed by atoms with Gasteiger partial charge in [-0.2, -0.15) is 0 Å². The highest BCUT2D eigenvalue weighted by molar-refractivity contribution is 7.98. The molecule has 4 nitrogen and oxygen atoms in total. The van der Waals surface area contributed by atoms with Gasteiger partial charge in [0.15, 0.2) is 5.96 Å². The highest BCUT2D eigenvalue weighted by Crippen LogP contribution is 2.12. The van der Waals surface area contributed by atoms with E-state index < -0.39 is 0 Å². The minimum Gasteiger partial charge on any atom is -0.370 e. The number of nitrogens with two attached hydrogens (primary N) is 1. The number of hydrogen-bond donors (Lipinski definition) is 2. The van der Waals surface area contributed by atoms with Gasteiger partial charge >= 0.3 is 0 Å². The van der Waals surface area contributed by atoms with Crippen molar-refractivity contribution in [2.24, 2.45) is 10.7 Å². The summed E-state index contributed by atoms with van der Waals surface area (Å²) in [6.07, 6.45) is 3.80. The molecule has 1 aromatic heterocycles. The molecule has 0 aliphatic rings. The Morgan fingerprint density at radius 3 is 3.00 bits per heavy atom. The highest BCUT2D eigenvalue weighted by atomic mass is 32.2. The molecule has 0 atom stereocenters. The Bertz CT molecular complexity index is 363. The van der Waals surface area contributed by atoms with Gasteiger partial charge in [0.25, 0.3) is 0 Å². The van der Waals surface area contributed by atoms with Crippen LogP contribution in [0.5, 0.6) is 0 Å². The molecule has 88 valence electrons. The van der Waals surface area contributed by atoms with Crippen LogP contribution >= 0.6 is 11.8 Å². The summed E-state index contributed by atoms with van der Waals surface area (Å²) >= 11 is 1.62. The first-order chi connectivity index (χ1) is 7.61. The third-order valence-electron chi connectivity index (χ3n) is 1.88. The Hall–Kier alpha value is -1.23. The number of thioether (sulfide) groups is 1. The number of aliphatic imine (C=N–C) groups is 1. The standard InChI is InChI=1S/C11H18N4S/c1-8(2)15-11(12)14-7-9-4-5-13-10(6-9)16-3/h4-6,8H,7H2,1-3H3,(H3,12,14,15). The predicted octanol–water partition coefficient (Wildman–Crippen LogP) is 1.62. The van der Waals surface area contributed by atoms with Crippen molar-refractivity contribution >= 4 is 17.7 Å². The van der Waals surface area contributed by atoms with E-state index in [1.54, 1.807) is 18.0 Å². The van der Waals surface area contributed by atoms with Gasteiger partial charge in [-0.3, -0.25) is 0 Å². The van der Waals surface area contributed by atoms with E-state index in [2.05, 4.69) is 15.3 Å². The van der Waals surface area contributed by atoms with Gasteiger partial charge in [-0.15, -0.1) is 11.8 Å². The van der Waals surface area contributed by atoms with Gasteiger partial charge in [-0.05, 0) is 37.8 Å². The van der Waals surface area contributed by atoms with Crippen molar-refractivity contribution in [2.75, 3.05) is 6.26 Å². The number of guanidine groups is 1. The monoisotopic (exact) mass is 238 g/mol. The normalized spacial score (nSPS) is 11.9. The lowest BCUT2D eigenvalue weighted by Gasteiger charge is -2.08. The smallest absolute Gasteiger partial charge is 0.189 e. The number of pyridine rings is 1. The predicted molar refractivity (Wildman–Crippen MR) is 69.6 cm³/mol. The molecule has 0 saturated heterocycles. The summed E-state index contributed by atoms with van der Waals surface area (Å²) in [4.78, 5) is 8.46. The second-order valence-electron chi connectivity index (χ2n) is 3.71. The summed E-state index contributed by atoms with van der Waals surface area (Å²) in [7, 11) is 0. The molecule has 0 bridgehead atoms. The van der Waals surface area contributed by atoms with Gasteiger partial charge in [0.05, 0.1) is 11.6 Å². The van der Waals surface area contributed by atoms with Crippen LogP contribution in [-0.2, 0) is 6.54 Å². The molecule has 0 saturated carbocycles. The molecule has 5 heteroatoms. The first-order valence-corrected chi connectivity index (χ1v) is 6.39. The van der Waals surface area contributed by atoms with Crippen LogP contribution in [0.15, 0.2) is 28.3 Å². The molecule has 0 aliphatic heterocycles. The average Bonchev–Trinajstić information content (AvgIpc) is 2.26. The zero-order valence-electron chi connectivity index (χ0n) is 9.90. The molecule has 1 heterocycles. The number of hydrogen-bond acceptors (Lipinski definition) is 3. The fraction of sp³-hybridized carbons (Fsp3) is 0.455. The maximum absolute atomic E-state index is 5.71. The molecule has 0 spiro atoms. The molecule has 16 heavy (non-hydrogen) atoms. The molecule has 0 radical (unpaired) electrons. The van der Waals surface area contributed by atoms with E-state index in [1.807, 2.05) is 32.2 Å². The summed E-state index contributed by atoms with van der Waals surface area (Å²) in [6.45, 7) is 4.64. The number of rotatable bonds is 4. The fourth-order valence-electron chi connectivity index (χ4n) is 1.18. The molecule has 0 unspecified atom stereocenters. The average molecular weight is 238 g/mol. The van der Waals surface area contributed by atoms with Crippen molar-refractivity contribution in [2.45, 2.75) is 31.5 Å². The molecule has 0 fully saturated rings. The van der Waals surface area contributed by atoms with Crippen LogP contribution in [0.3, 0.4) is 0 Å². The number of nitrogens with one attached hydrogen (secondary N) is 1. The largest absolute Gasteiger partial charge is 0.370 e. The maximum Gasteiger partial charge on any atom is 0.189 e. The van der Waals surface area contributed by atoms with Gasteiger partial charge in [0.1, 0.15) is 0 Å².